The van der Waals surface area contributed by atoms with Crippen LogP contribution in [0.3, 0.4) is 0 Å². The Morgan fingerprint density at radius 3 is 2.46 bits per heavy atom. The van der Waals surface area contributed by atoms with Crippen LogP contribution in [0.25, 0.3) is 16.9 Å². The van der Waals surface area contributed by atoms with Crippen LogP contribution in [0, 0.1) is 5.82 Å². The molecular formula is C24H14Cl3F3N6O. The summed E-state index contributed by atoms with van der Waals surface area (Å²) < 4.78 is 43.3. The van der Waals surface area contributed by atoms with Crippen molar-refractivity contribution in [1.29, 1.82) is 0 Å². The summed E-state index contributed by atoms with van der Waals surface area (Å²) in [6.45, 7) is 0.295. The molecule has 0 aliphatic rings. The second-order valence-corrected chi connectivity index (χ2v) is 9.11. The van der Waals surface area contributed by atoms with Crippen molar-refractivity contribution in [1.82, 2.24) is 24.4 Å². The molecule has 0 saturated heterocycles. The number of amides is 1. The van der Waals surface area contributed by atoms with E-state index in [0.29, 0.717) is 22.2 Å². The van der Waals surface area contributed by atoms with Crippen LogP contribution in [0.1, 0.15) is 28.0 Å². The van der Waals surface area contributed by atoms with Crippen LogP contribution in [-0.4, -0.2) is 30.3 Å². The molecule has 3 aromatic heterocycles. The lowest BCUT2D eigenvalue weighted by Gasteiger charge is -2.08. The van der Waals surface area contributed by atoms with E-state index in [9.17, 15) is 18.0 Å². The van der Waals surface area contributed by atoms with Gasteiger partial charge in [0.2, 0.25) is 0 Å². The zero-order valence-electron chi connectivity index (χ0n) is 18.5. The molecule has 3 heterocycles. The second-order valence-electron chi connectivity index (χ2n) is 7.89. The normalized spacial score (nSPS) is 11.4. The number of hydrogen-bond donors (Lipinski definition) is 1. The molecule has 0 bridgehead atoms. The lowest BCUT2D eigenvalue weighted by molar-refractivity contribution is 0.102. The maximum atomic E-state index is 13.8. The van der Waals surface area contributed by atoms with Crippen molar-refractivity contribution in [3.63, 3.8) is 0 Å². The summed E-state index contributed by atoms with van der Waals surface area (Å²) in [7, 11) is 0. The Labute approximate surface area is 222 Å². The van der Waals surface area contributed by atoms with E-state index in [2.05, 4.69) is 20.5 Å². The molecule has 7 nitrogen and oxygen atoms in total. The topological polar surface area (TPSA) is 77.1 Å². The van der Waals surface area contributed by atoms with Crippen LogP contribution < -0.4 is 5.32 Å². The number of halogens is 6. The summed E-state index contributed by atoms with van der Waals surface area (Å²) in [5.74, 6) is -1.14. The molecule has 0 spiro atoms. The Morgan fingerprint density at radius 2 is 1.76 bits per heavy atom. The molecule has 37 heavy (non-hydrogen) atoms. The third kappa shape index (κ3) is 5.13. The molecule has 0 aliphatic carbocycles. The molecule has 5 aromatic rings. The highest BCUT2D eigenvalue weighted by molar-refractivity contribution is 6.42. The zero-order chi connectivity index (χ0) is 26.3. The first-order valence-corrected chi connectivity index (χ1v) is 11.7. The molecule has 1 amide bonds. The first-order valence-electron chi connectivity index (χ1n) is 10.6. The summed E-state index contributed by atoms with van der Waals surface area (Å²) in [5.41, 5.74) is 0.643. The molecule has 188 valence electrons. The minimum atomic E-state index is -2.91. The molecule has 0 fully saturated rings. The fourth-order valence-corrected chi connectivity index (χ4v) is 4.15. The predicted molar refractivity (Wildman–Crippen MR) is 134 cm³/mol. The van der Waals surface area contributed by atoms with E-state index < -0.39 is 23.8 Å². The van der Waals surface area contributed by atoms with Crippen molar-refractivity contribution >= 4 is 52.2 Å². The lowest BCUT2D eigenvalue weighted by atomic mass is 10.1. The number of aromatic nitrogens is 5. The van der Waals surface area contributed by atoms with Gasteiger partial charge < -0.3 is 5.32 Å². The van der Waals surface area contributed by atoms with Crippen LogP contribution in [0.5, 0.6) is 0 Å². The number of carbonyl (C=O) groups excluding carboxylic acids is 1. The highest BCUT2D eigenvalue weighted by Crippen LogP contribution is 2.28. The molecule has 13 heteroatoms. The third-order valence-electron chi connectivity index (χ3n) is 5.39. The van der Waals surface area contributed by atoms with E-state index in [1.807, 2.05) is 0 Å². The quantitative estimate of drug-likeness (QED) is 0.242. The monoisotopic (exact) mass is 564 g/mol. The number of anilines is 1. The summed E-state index contributed by atoms with van der Waals surface area (Å²) in [6, 6.07) is 11.4. The molecule has 2 aromatic carbocycles. The van der Waals surface area contributed by atoms with Gasteiger partial charge in [-0.1, -0.05) is 40.9 Å². The van der Waals surface area contributed by atoms with E-state index in [1.165, 1.54) is 35.1 Å². The van der Waals surface area contributed by atoms with E-state index in [0.717, 1.165) is 22.3 Å². The van der Waals surface area contributed by atoms with Crippen molar-refractivity contribution in [2.24, 2.45) is 0 Å². The molecule has 0 saturated carbocycles. The molecule has 0 atom stereocenters. The number of benzene rings is 2. The Bertz CT molecular complexity index is 1640. The highest BCUT2D eigenvalue weighted by atomic mass is 35.5. The van der Waals surface area contributed by atoms with Gasteiger partial charge >= 0.3 is 0 Å². The molecule has 0 aliphatic heterocycles. The van der Waals surface area contributed by atoms with Crippen LogP contribution in [-0.2, 0) is 6.54 Å². The first kappa shape index (κ1) is 25.1. The van der Waals surface area contributed by atoms with Gasteiger partial charge in [0, 0.05) is 11.8 Å². The molecule has 5 rings (SSSR count). The third-order valence-corrected chi connectivity index (χ3v) is 6.40. The number of nitrogens with zero attached hydrogens (tertiary/aromatic N) is 5. The Morgan fingerprint density at radius 1 is 1.00 bits per heavy atom. The Balaban J connectivity index is 1.45. The van der Waals surface area contributed by atoms with E-state index in [-0.39, 0.29) is 27.7 Å². The fourth-order valence-electron chi connectivity index (χ4n) is 3.63. The number of nitrogens with one attached hydrogen (secondary N) is 1. The van der Waals surface area contributed by atoms with Gasteiger partial charge in [-0.3, -0.25) is 9.48 Å². The van der Waals surface area contributed by atoms with Gasteiger partial charge in [-0.25, -0.2) is 22.7 Å². The predicted octanol–water partition coefficient (Wildman–Crippen LogP) is 6.93. The van der Waals surface area contributed by atoms with Crippen molar-refractivity contribution in [3.8, 4) is 11.3 Å². The number of fused-ring (bicyclic) bond motifs is 1. The molecular weight excluding hydrogens is 552 g/mol. The van der Waals surface area contributed by atoms with Gasteiger partial charge in [0.05, 0.1) is 28.5 Å². The van der Waals surface area contributed by atoms with Gasteiger partial charge in [0.25, 0.3) is 12.3 Å². The van der Waals surface area contributed by atoms with E-state index >= 15 is 0 Å². The summed E-state index contributed by atoms with van der Waals surface area (Å²) in [5, 5.41) is 11.7. The highest BCUT2D eigenvalue weighted by Gasteiger charge is 2.23. The summed E-state index contributed by atoms with van der Waals surface area (Å²) >= 11 is 18.3. The number of carbonyl (C=O) groups is 1. The van der Waals surface area contributed by atoms with Gasteiger partial charge in [-0.05, 0) is 48.0 Å². The molecule has 0 radical (unpaired) electrons. The average molecular weight is 566 g/mol. The summed E-state index contributed by atoms with van der Waals surface area (Å²) in [6.07, 6.45) is -0.277. The van der Waals surface area contributed by atoms with Gasteiger partial charge in [0.15, 0.2) is 11.5 Å². The largest absolute Gasteiger partial charge is 0.304 e. The van der Waals surface area contributed by atoms with Crippen LogP contribution in [0.15, 0.2) is 60.9 Å². The van der Waals surface area contributed by atoms with Gasteiger partial charge in [-0.2, -0.15) is 10.2 Å². The smallest absolute Gasteiger partial charge is 0.280 e. The minimum Gasteiger partial charge on any atom is -0.304 e. The van der Waals surface area contributed by atoms with Crippen molar-refractivity contribution in [2.45, 2.75) is 13.0 Å². The van der Waals surface area contributed by atoms with Gasteiger partial charge in [-0.15, -0.1) is 0 Å². The average Bonchev–Trinajstić information content (AvgIpc) is 3.44. The van der Waals surface area contributed by atoms with Gasteiger partial charge in [0.1, 0.15) is 22.1 Å². The van der Waals surface area contributed by atoms with Crippen LogP contribution >= 0.6 is 34.8 Å². The Kier molecular flexibility index (Phi) is 6.80. The lowest BCUT2D eigenvalue weighted by Crippen LogP contribution is -2.14. The number of rotatable bonds is 6. The second kappa shape index (κ2) is 10.0. The van der Waals surface area contributed by atoms with E-state index in [4.69, 9.17) is 34.8 Å². The fraction of sp³-hybridized carbons (Fsp3) is 0.0833. The number of hydrogen-bond acceptors (Lipinski definition) is 4. The van der Waals surface area contributed by atoms with Crippen molar-refractivity contribution in [2.75, 3.05) is 5.32 Å². The Hall–Kier alpha value is -3.60. The van der Waals surface area contributed by atoms with Crippen molar-refractivity contribution < 1.29 is 18.0 Å². The maximum Gasteiger partial charge on any atom is 0.280 e. The summed E-state index contributed by atoms with van der Waals surface area (Å²) in [4.78, 5) is 17.4. The standard InChI is InChI=1S/C24H14Cl3F3N6O/c25-16-6-1-12(7-17(16)26)10-35-11-18(27)22(34-35)33-24(37)15-9-31-36-20(21(29)30)8-19(32-23(15)36)13-2-4-14(28)5-3-13/h1-9,11,21H,10H2,(H,33,34,37). The van der Waals surface area contributed by atoms with Crippen LogP contribution in [0.2, 0.25) is 15.1 Å². The SMILES string of the molecule is O=C(Nc1nn(Cc2ccc(Cl)c(Cl)c2)cc1Cl)c1cnn2c(C(F)F)cc(-c3ccc(F)cc3)nc12. The maximum absolute atomic E-state index is 13.8. The van der Waals surface area contributed by atoms with Crippen LogP contribution in [0.4, 0.5) is 19.0 Å². The first-order chi connectivity index (χ1) is 17.7. The minimum absolute atomic E-state index is 0.0508. The zero-order valence-corrected chi connectivity index (χ0v) is 20.7. The molecule has 1 N–H and O–H groups in total. The number of alkyl halides is 2. The van der Waals surface area contributed by atoms with E-state index in [1.54, 1.807) is 18.2 Å². The van der Waals surface area contributed by atoms with Crippen molar-refractivity contribution in [3.05, 3.63) is 98.6 Å². The molecule has 0 unspecified atom stereocenters.